The summed E-state index contributed by atoms with van der Waals surface area (Å²) in [5, 5.41) is 8.20. The smallest absolute Gasteiger partial charge is 0.261 e. The van der Waals surface area contributed by atoms with E-state index in [2.05, 4.69) is 14.9 Å². The van der Waals surface area contributed by atoms with E-state index in [0.717, 1.165) is 23.1 Å². The van der Waals surface area contributed by atoms with Crippen LogP contribution in [0.1, 0.15) is 24.5 Å². The first-order valence-electron chi connectivity index (χ1n) is 9.06. The lowest BCUT2D eigenvalue weighted by molar-refractivity contribution is 0.302. The molecule has 0 aliphatic rings. The zero-order valence-corrected chi connectivity index (χ0v) is 17.0. The Bertz CT molecular complexity index is 1050. The average Bonchev–Trinajstić information content (AvgIpc) is 2.69. The van der Waals surface area contributed by atoms with Gasteiger partial charge in [-0.1, -0.05) is 25.1 Å². The van der Waals surface area contributed by atoms with Crippen LogP contribution in [0, 0.1) is 13.8 Å². The van der Waals surface area contributed by atoms with Gasteiger partial charge in [-0.2, -0.15) is 0 Å². The molecule has 0 saturated heterocycles. The Morgan fingerprint density at radius 2 is 1.68 bits per heavy atom. The molecule has 146 valence electrons. The Hall–Kier alpha value is -2.93. The summed E-state index contributed by atoms with van der Waals surface area (Å²) >= 11 is 0. The molecular formula is C21H23N3O3S. The number of nitrogens with one attached hydrogen (secondary N) is 1. The zero-order valence-electron chi connectivity index (χ0n) is 16.1. The van der Waals surface area contributed by atoms with Gasteiger partial charge >= 0.3 is 0 Å². The molecule has 3 aromatic rings. The number of benzene rings is 2. The highest BCUT2D eigenvalue weighted by molar-refractivity contribution is 7.92. The van der Waals surface area contributed by atoms with Gasteiger partial charge in [0.2, 0.25) is 5.88 Å². The number of aromatic nitrogens is 2. The molecule has 1 heterocycles. The van der Waals surface area contributed by atoms with Crippen molar-refractivity contribution in [2.45, 2.75) is 32.1 Å². The molecule has 0 aliphatic carbocycles. The molecule has 0 atom stereocenters. The maximum absolute atomic E-state index is 12.6. The quantitative estimate of drug-likeness (QED) is 0.641. The maximum Gasteiger partial charge on any atom is 0.261 e. The van der Waals surface area contributed by atoms with Crippen molar-refractivity contribution in [3.8, 4) is 17.1 Å². The molecule has 0 radical (unpaired) electrons. The Morgan fingerprint density at radius 1 is 0.929 bits per heavy atom. The molecule has 0 unspecified atom stereocenters. The van der Waals surface area contributed by atoms with E-state index in [0.29, 0.717) is 23.9 Å². The van der Waals surface area contributed by atoms with Crippen LogP contribution in [-0.4, -0.2) is 25.2 Å². The van der Waals surface area contributed by atoms with Gasteiger partial charge in [-0.3, -0.25) is 4.72 Å². The summed E-state index contributed by atoms with van der Waals surface area (Å²) in [7, 11) is -3.64. The van der Waals surface area contributed by atoms with Crippen LogP contribution in [-0.2, 0) is 10.0 Å². The number of ether oxygens (including phenoxy) is 1. The predicted octanol–water partition coefficient (Wildman–Crippen LogP) is 4.35. The minimum atomic E-state index is -3.64. The lowest BCUT2D eigenvalue weighted by atomic mass is 10.1. The van der Waals surface area contributed by atoms with Crippen molar-refractivity contribution < 1.29 is 13.2 Å². The second kappa shape index (κ2) is 8.39. The lowest BCUT2D eigenvalue weighted by Gasteiger charge is -2.10. The average molecular weight is 398 g/mol. The van der Waals surface area contributed by atoms with Crippen LogP contribution < -0.4 is 9.46 Å². The lowest BCUT2D eigenvalue weighted by Crippen LogP contribution is -2.13. The standard InChI is InChI=1S/C21H23N3O3S/c1-4-13-27-21-12-11-20(22-23-21)17-6-8-18(9-7-17)24-28(25,26)19-10-5-15(2)16(3)14-19/h5-12,14,24H,4,13H2,1-3H3. The highest BCUT2D eigenvalue weighted by Crippen LogP contribution is 2.23. The first-order chi connectivity index (χ1) is 13.4. The molecule has 1 N–H and O–H groups in total. The molecule has 28 heavy (non-hydrogen) atoms. The fraction of sp³-hybridized carbons (Fsp3) is 0.238. The normalized spacial score (nSPS) is 11.2. The number of nitrogens with zero attached hydrogens (tertiary/aromatic N) is 2. The molecule has 7 heteroatoms. The summed E-state index contributed by atoms with van der Waals surface area (Å²) < 4.78 is 33.2. The summed E-state index contributed by atoms with van der Waals surface area (Å²) in [5.74, 6) is 0.489. The fourth-order valence-corrected chi connectivity index (χ4v) is 3.71. The van der Waals surface area contributed by atoms with Crippen molar-refractivity contribution >= 4 is 15.7 Å². The molecule has 2 aromatic carbocycles. The second-order valence-corrected chi connectivity index (χ2v) is 8.22. The molecule has 0 fully saturated rings. The van der Waals surface area contributed by atoms with E-state index < -0.39 is 10.0 Å². The van der Waals surface area contributed by atoms with Crippen molar-refractivity contribution in [1.29, 1.82) is 0 Å². The van der Waals surface area contributed by atoms with Crippen LogP contribution >= 0.6 is 0 Å². The van der Waals surface area contributed by atoms with Gasteiger partial charge in [0.05, 0.1) is 17.2 Å². The maximum atomic E-state index is 12.6. The van der Waals surface area contributed by atoms with E-state index in [-0.39, 0.29) is 4.90 Å². The van der Waals surface area contributed by atoms with Crippen LogP contribution in [0.2, 0.25) is 0 Å². The first kappa shape index (κ1) is 19.8. The summed E-state index contributed by atoms with van der Waals surface area (Å²) in [5.41, 5.74) is 3.99. The van der Waals surface area contributed by atoms with Crippen LogP contribution in [0.4, 0.5) is 5.69 Å². The highest BCUT2D eigenvalue weighted by Gasteiger charge is 2.15. The summed E-state index contributed by atoms with van der Waals surface area (Å²) in [6.07, 6.45) is 0.906. The van der Waals surface area contributed by atoms with Crippen molar-refractivity contribution in [2.75, 3.05) is 11.3 Å². The molecule has 0 spiro atoms. The minimum absolute atomic E-state index is 0.244. The molecule has 3 rings (SSSR count). The van der Waals surface area contributed by atoms with Gasteiger partial charge in [0, 0.05) is 17.3 Å². The molecule has 0 bridgehead atoms. The summed E-state index contributed by atoms with van der Waals surface area (Å²) in [4.78, 5) is 0.244. The predicted molar refractivity (Wildman–Crippen MR) is 110 cm³/mol. The first-order valence-corrected chi connectivity index (χ1v) is 10.5. The Labute approximate surface area is 165 Å². The summed E-state index contributed by atoms with van der Waals surface area (Å²) in [6, 6.07) is 15.7. The van der Waals surface area contributed by atoms with Crippen molar-refractivity contribution in [3.63, 3.8) is 0 Å². The third-order valence-corrected chi connectivity index (χ3v) is 5.69. The third kappa shape index (κ3) is 4.67. The van der Waals surface area contributed by atoms with Crippen LogP contribution in [0.3, 0.4) is 0 Å². The van der Waals surface area contributed by atoms with Gasteiger partial charge in [0.1, 0.15) is 0 Å². The second-order valence-electron chi connectivity index (χ2n) is 6.53. The van der Waals surface area contributed by atoms with E-state index >= 15 is 0 Å². The van der Waals surface area contributed by atoms with Gasteiger partial charge in [0.25, 0.3) is 10.0 Å². The van der Waals surface area contributed by atoms with E-state index in [1.165, 1.54) is 0 Å². The number of rotatable bonds is 7. The van der Waals surface area contributed by atoms with Gasteiger partial charge < -0.3 is 4.74 Å². The molecule has 1 aromatic heterocycles. The van der Waals surface area contributed by atoms with Gasteiger partial charge in [-0.05, 0) is 61.7 Å². The fourth-order valence-electron chi connectivity index (χ4n) is 2.56. The largest absolute Gasteiger partial charge is 0.477 e. The topological polar surface area (TPSA) is 81.2 Å². The number of hydrogen-bond acceptors (Lipinski definition) is 5. The van der Waals surface area contributed by atoms with Gasteiger partial charge in [-0.15, -0.1) is 10.2 Å². The Morgan fingerprint density at radius 3 is 2.29 bits per heavy atom. The third-order valence-electron chi connectivity index (χ3n) is 4.32. The van der Waals surface area contributed by atoms with Crippen LogP contribution in [0.15, 0.2) is 59.5 Å². The van der Waals surface area contributed by atoms with Crippen molar-refractivity contribution in [3.05, 3.63) is 65.7 Å². The van der Waals surface area contributed by atoms with E-state index in [1.54, 1.807) is 48.5 Å². The number of anilines is 1. The molecule has 0 amide bonds. The van der Waals surface area contributed by atoms with E-state index in [1.807, 2.05) is 26.8 Å². The van der Waals surface area contributed by atoms with E-state index in [9.17, 15) is 8.42 Å². The number of hydrogen-bond donors (Lipinski definition) is 1. The van der Waals surface area contributed by atoms with Gasteiger partial charge in [0.15, 0.2) is 0 Å². The highest BCUT2D eigenvalue weighted by atomic mass is 32.2. The molecule has 0 aliphatic heterocycles. The van der Waals surface area contributed by atoms with Gasteiger partial charge in [-0.25, -0.2) is 8.42 Å². The molecule has 0 saturated carbocycles. The number of aryl methyl sites for hydroxylation is 2. The number of sulfonamides is 1. The van der Waals surface area contributed by atoms with Crippen molar-refractivity contribution in [2.24, 2.45) is 0 Å². The SMILES string of the molecule is CCCOc1ccc(-c2ccc(NS(=O)(=O)c3ccc(C)c(C)c3)cc2)nn1. The summed E-state index contributed by atoms with van der Waals surface area (Å²) in [6.45, 7) is 6.47. The molecular weight excluding hydrogens is 374 g/mol. The molecule has 6 nitrogen and oxygen atoms in total. The van der Waals surface area contributed by atoms with E-state index in [4.69, 9.17) is 4.74 Å². The van der Waals surface area contributed by atoms with Crippen molar-refractivity contribution in [1.82, 2.24) is 10.2 Å². The monoisotopic (exact) mass is 397 g/mol. The zero-order chi connectivity index (χ0) is 20.1. The Balaban J connectivity index is 1.74. The van der Waals surface area contributed by atoms with Crippen LogP contribution in [0.25, 0.3) is 11.3 Å². The van der Waals surface area contributed by atoms with Crippen LogP contribution in [0.5, 0.6) is 5.88 Å². The minimum Gasteiger partial charge on any atom is -0.477 e. The Kier molecular flexibility index (Phi) is 5.94.